The molecule has 0 aliphatic rings. The summed E-state index contributed by atoms with van der Waals surface area (Å²) in [5.41, 5.74) is 1.19. The molecule has 0 saturated carbocycles. The molecule has 0 aliphatic carbocycles. The first-order valence-corrected chi connectivity index (χ1v) is 5.13. The second kappa shape index (κ2) is 6.82. The highest BCUT2D eigenvalue weighted by Crippen LogP contribution is 2.00. The van der Waals surface area contributed by atoms with Crippen molar-refractivity contribution in [2.75, 3.05) is 6.61 Å². The van der Waals surface area contributed by atoms with Gasteiger partial charge in [0.15, 0.2) is 0 Å². The first-order valence-electron chi connectivity index (χ1n) is 5.13. The Morgan fingerprint density at radius 3 is 2.73 bits per heavy atom. The Bertz CT molecular complexity index is 304. The van der Waals surface area contributed by atoms with Crippen molar-refractivity contribution in [3.8, 4) is 0 Å². The molecule has 0 aromatic heterocycles. The molecule has 0 spiro atoms. The molecule has 80 valence electrons. The molecule has 15 heavy (non-hydrogen) atoms. The lowest BCUT2D eigenvalue weighted by molar-refractivity contribution is -0.143. The van der Waals surface area contributed by atoms with Gasteiger partial charge in [-0.25, -0.2) is 0 Å². The van der Waals surface area contributed by atoms with Crippen LogP contribution in [0.15, 0.2) is 43.0 Å². The lowest BCUT2D eigenvalue weighted by Crippen LogP contribution is -2.06. The minimum absolute atomic E-state index is 0.147. The van der Waals surface area contributed by atoms with E-state index in [2.05, 4.69) is 6.58 Å². The van der Waals surface area contributed by atoms with Crippen molar-refractivity contribution < 1.29 is 9.53 Å². The molecule has 0 radical (unpaired) electrons. The van der Waals surface area contributed by atoms with E-state index >= 15 is 0 Å². The Labute approximate surface area is 90.6 Å². The third-order valence-electron chi connectivity index (χ3n) is 2.05. The molecule has 0 atom stereocenters. The van der Waals surface area contributed by atoms with Gasteiger partial charge in [-0.3, -0.25) is 4.79 Å². The van der Waals surface area contributed by atoms with Crippen LogP contribution in [0.2, 0.25) is 0 Å². The van der Waals surface area contributed by atoms with Crippen LogP contribution < -0.4 is 0 Å². The molecular weight excluding hydrogens is 188 g/mol. The second-order valence-corrected chi connectivity index (χ2v) is 3.28. The highest BCUT2D eigenvalue weighted by Gasteiger charge is 2.00. The van der Waals surface area contributed by atoms with Crippen LogP contribution in [-0.4, -0.2) is 12.6 Å². The summed E-state index contributed by atoms with van der Waals surface area (Å²) in [6.45, 7) is 4.01. The van der Waals surface area contributed by atoms with Crippen molar-refractivity contribution in [2.45, 2.75) is 19.3 Å². The fourth-order valence-corrected chi connectivity index (χ4v) is 1.22. The zero-order valence-corrected chi connectivity index (χ0v) is 8.82. The van der Waals surface area contributed by atoms with Crippen LogP contribution in [0.1, 0.15) is 18.4 Å². The molecule has 0 aliphatic heterocycles. The van der Waals surface area contributed by atoms with Crippen molar-refractivity contribution in [1.82, 2.24) is 0 Å². The van der Waals surface area contributed by atoms with Crippen molar-refractivity contribution >= 4 is 5.97 Å². The average molecular weight is 204 g/mol. The second-order valence-electron chi connectivity index (χ2n) is 3.28. The van der Waals surface area contributed by atoms with Gasteiger partial charge in [0.05, 0.1) is 6.61 Å². The molecule has 0 N–H and O–H groups in total. The largest absolute Gasteiger partial charge is 0.465 e. The van der Waals surface area contributed by atoms with E-state index in [0.29, 0.717) is 19.4 Å². The Morgan fingerprint density at radius 1 is 1.33 bits per heavy atom. The number of esters is 1. The van der Waals surface area contributed by atoms with Gasteiger partial charge in [-0.05, 0) is 12.0 Å². The van der Waals surface area contributed by atoms with Gasteiger partial charge >= 0.3 is 5.97 Å². The molecule has 2 heteroatoms. The van der Waals surface area contributed by atoms with E-state index < -0.39 is 0 Å². The summed E-state index contributed by atoms with van der Waals surface area (Å²) in [6, 6.07) is 9.98. The summed E-state index contributed by atoms with van der Waals surface area (Å²) in [6.07, 6.45) is 3.61. The van der Waals surface area contributed by atoms with Crippen LogP contribution in [0.4, 0.5) is 0 Å². The van der Waals surface area contributed by atoms with Crippen LogP contribution in [-0.2, 0) is 16.0 Å². The summed E-state index contributed by atoms with van der Waals surface area (Å²) in [5.74, 6) is -0.147. The Kier molecular flexibility index (Phi) is 5.23. The highest BCUT2D eigenvalue weighted by molar-refractivity contribution is 5.69. The number of carbonyl (C=O) groups is 1. The van der Waals surface area contributed by atoms with Crippen molar-refractivity contribution in [3.63, 3.8) is 0 Å². The van der Waals surface area contributed by atoms with Gasteiger partial charge in [0.2, 0.25) is 0 Å². The van der Waals surface area contributed by atoms with E-state index in [4.69, 9.17) is 4.74 Å². The monoisotopic (exact) mass is 204 g/mol. The zero-order chi connectivity index (χ0) is 10.9. The van der Waals surface area contributed by atoms with Crippen LogP contribution in [0.25, 0.3) is 0 Å². The molecule has 1 aromatic carbocycles. The summed E-state index contributed by atoms with van der Waals surface area (Å²) in [5, 5.41) is 0. The Balaban J connectivity index is 2.16. The quantitative estimate of drug-likeness (QED) is 0.526. The van der Waals surface area contributed by atoms with Crippen LogP contribution >= 0.6 is 0 Å². The number of ether oxygens (including phenoxy) is 1. The Morgan fingerprint density at radius 2 is 2.07 bits per heavy atom. The van der Waals surface area contributed by atoms with Gasteiger partial charge in [0.25, 0.3) is 0 Å². The van der Waals surface area contributed by atoms with Gasteiger partial charge in [-0.1, -0.05) is 36.4 Å². The van der Waals surface area contributed by atoms with E-state index in [1.165, 1.54) is 5.56 Å². The molecule has 0 fully saturated rings. The number of hydrogen-bond donors (Lipinski definition) is 0. The van der Waals surface area contributed by atoms with E-state index in [-0.39, 0.29) is 5.97 Å². The van der Waals surface area contributed by atoms with Crippen LogP contribution in [0.5, 0.6) is 0 Å². The predicted octanol–water partition coefficient (Wildman–Crippen LogP) is 2.74. The van der Waals surface area contributed by atoms with Crippen molar-refractivity contribution in [2.24, 2.45) is 0 Å². The van der Waals surface area contributed by atoms with E-state index in [0.717, 1.165) is 6.42 Å². The zero-order valence-electron chi connectivity index (χ0n) is 8.82. The first kappa shape index (κ1) is 11.5. The van der Waals surface area contributed by atoms with E-state index in [1.807, 2.05) is 30.3 Å². The summed E-state index contributed by atoms with van der Waals surface area (Å²) < 4.78 is 5.06. The van der Waals surface area contributed by atoms with E-state index in [9.17, 15) is 4.79 Å². The number of rotatable bonds is 6. The maximum absolute atomic E-state index is 11.1. The van der Waals surface area contributed by atoms with Gasteiger partial charge in [-0.2, -0.15) is 0 Å². The fourth-order valence-electron chi connectivity index (χ4n) is 1.22. The lowest BCUT2D eigenvalue weighted by Gasteiger charge is -2.03. The minimum Gasteiger partial charge on any atom is -0.465 e. The molecular formula is C13H16O2. The van der Waals surface area contributed by atoms with Crippen molar-refractivity contribution in [1.29, 1.82) is 0 Å². The molecule has 0 amide bonds. The average Bonchev–Trinajstić information content (AvgIpc) is 2.28. The number of hydrogen-bond acceptors (Lipinski definition) is 2. The van der Waals surface area contributed by atoms with Gasteiger partial charge in [-0.15, -0.1) is 6.58 Å². The minimum atomic E-state index is -0.147. The third-order valence-corrected chi connectivity index (χ3v) is 2.05. The van der Waals surface area contributed by atoms with Crippen molar-refractivity contribution in [3.05, 3.63) is 48.6 Å². The molecule has 0 bridgehead atoms. The van der Waals surface area contributed by atoms with E-state index in [1.54, 1.807) is 6.08 Å². The molecule has 1 aromatic rings. The standard InChI is InChI=1S/C13H16O2/c1-2-3-9-13(14)15-11-10-12-7-5-4-6-8-12/h2,4-8H,1,3,9-11H2. The van der Waals surface area contributed by atoms with Crippen LogP contribution in [0.3, 0.4) is 0 Å². The molecule has 0 unspecified atom stereocenters. The van der Waals surface area contributed by atoms with Crippen LogP contribution in [0, 0.1) is 0 Å². The Hall–Kier alpha value is -1.57. The lowest BCUT2D eigenvalue weighted by atomic mass is 10.2. The third kappa shape index (κ3) is 5.01. The fraction of sp³-hybridized carbons (Fsp3) is 0.308. The van der Waals surface area contributed by atoms with Gasteiger partial charge in [0, 0.05) is 12.8 Å². The summed E-state index contributed by atoms with van der Waals surface area (Å²) >= 11 is 0. The smallest absolute Gasteiger partial charge is 0.306 e. The number of benzene rings is 1. The maximum Gasteiger partial charge on any atom is 0.306 e. The number of allylic oxidation sites excluding steroid dienone is 1. The molecule has 0 saturated heterocycles. The van der Waals surface area contributed by atoms with Gasteiger partial charge in [0.1, 0.15) is 0 Å². The van der Waals surface area contributed by atoms with Gasteiger partial charge < -0.3 is 4.74 Å². The maximum atomic E-state index is 11.1. The number of carbonyl (C=O) groups excluding carboxylic acids is 1. The molecule has 2 nitrogen and oxygen atoms in total. The highest BCUT2D eigenvalue weighted by atomic mass is 16.5. The summed E-state index contributed by atoms with van der Waals surface area (Å²) in [4.78, 5) is 11.1. The SMILES string of the molecule is C=CCCC(=O)OCCc1ccccc1. The first-order chi connectivity index (χ1) is 7.33. The molecule has 1 rings (SSSR count). The molecule has 0 heterocycles. The topological polar surface area (TPSA) is 26.3 Å². The predicted molar refractivity (Wildman–Crippen MR) is 60.5 cm³/mol. The normalized spacial score (nSPS) is 9.60. The summed E-state index contributed by atoms with van der Waals surface area (Å²) in [7, 11) is 0.